The number of amides is 2. The molecule has 2 rings (SSSR count). The van der Waals surface area contributed by atoms with E-state index in [4.69, 9.17) is 4.74 Å². The van der Waals surface area contributed by atoms with Gasteiger partial charge in [-0.15, -0.1) is 0 Å². The molecule has 0 unspecified atom stereocenters. The van der Waals surface area contributed by atoms with Gasteiger partial charge in [-0.3, -0.25) is 14.5 Å². The standard InChI is InChI=1S/C17H15I2NO7S/c1-8(16(23)26-3)20-15(22)12(28-17(20)24)6-9-4-10(18)14(11(19)5-9)27-7-13(21)25-2/h4-6,8H,7H2,1-3H3/b12-6+/t8-/m1/s1. The van der Waals surface area contributed by atoms with Gasteiger partial charge in [0.05, 0.1) is 26.3 Å². The molecule has 1 aromatic rings. The lowest BCUT2D eigenvalue weighted by molar-refractivity contribution is -0.148. The lowest BCUT2D eigenvalue weighted by Gasteiger charge is -2.18. The summed E-state index contributed by atoms with van der Waals surface area (Å²) in [5.41, 5.74) is 0.676. The monoisotopic (exact) mass is 631 g/mol. The Morgan fingerprint density at radius 3 is 2.32 bits per heavy atom. The number of hydrogen-bond acceptors (Lipinski definition) is 8. The maximum absolute atomic E-state index is 12.6. The molecule has 1 aromatic carbocycles. The van der Waals surface area contributed by atoms with Gasteiger partial charge in [0, 0.05) is 0 Å². The number of benzene rings is 1. The molecule has 28 heavy (non-hydrogen) atoms. The summed E-state index contributed by atoms with van der Waals surface area (Å²) in [6.45, 7) is 1.22. The molecule has 150 valence electrons. The minimum Gasteiger partial charge on any atom is -0.480 e. The van der Waals surface area contributed by atoms with Gasteiger partial charge in [0.2, 0.25) is 0 Å². The summed E-state index contributed by atoms with van der Waals surface area (Å²) >= 11 is 4.87. The van der Waals surface area contributed by atoms with E-state index >= 15 is 0 Å². The molecule has 0 aromatic heterocycles. The Morgan fingerprint density at radius 1 is 1.18 bits per heavy atom. The number of esters is 2. The van der Waals surface area contributed by atoms with Crippen molar-refractivity contribution in [2.45, 2.75) is 13.0 Å². The molecule has 0 radical (unpaired) electrons. The number of halogens is 2. The summed E-state index contributed by atoms with van der Waals surface area (Å²) in [6.07, 6.45) is 1.57. The maximum Gasteiger partial charge on any atom is 0.343 e. The zero-order valence-electron chi connectivity index (χ0n) is 15.0. The zero-order chi connectivity index (χ0) is 21.0. The van der Waals surface area contributed by atoms with E-state index < -0.39 is 29.1 Å². The van der Waals surface area contributed by atoms with Gasteiger partial charge < -0.3 is 14.2 Å². The molecule has 1 fully saturated rings. The van der Waals surface area contributed by atoms with Gasteiger partial charge in [-0.2, -0.15) is 0 Å². The van der Waals surface area contributed by atoms with Crippen LogP contribution in [0.2, 0.25) is 0 Å². The van der Waals surface area contributed by atoms with Crippen molar-refractivity contribution in [3.05, 3.63) is 29.7 Å². The third-order valence-corrected chi connectivity index (χ3v) is 6.12. The highest BCUT2D eigenvalue weighted by atomic mass is 127. The number of hydrogen-bond donors (Lipinski definition) is 0. The van der Waals surface area contributed by atoms with Crippen molar-refractivity contribution in [1.82, 2.24) is 4.90 Å². The fraction of sp³-hybridized carbons (Fsp3) is 0.294. The molecule has 1 aliphatic rings. The third kappa shape index (κ3) is 5.17. The molecule has 1 aliphatic heterocycles. The van der Waals surface area contributed by atoms with Crippen LogP contribution in [-0.4, -0.2) is 54.9 Å². The fourth-order valence-electron chi connectivity index (χ4n) is 2.23. The quantitative estimate of drug-likeness (QED) is 0.269. The van der Waals surface area contributed by atoms with Crippen LogP contribution in [0.5, 0.6) is 5.75 Å². The summed E-state index contributed by atoms with van der Waals surface area (Å²) in [5, 5.41) is -0.531. The molecule has 11 heteroatoms. The summed E-state index contributed by atoms with van der Waals surface area (Å²) in [4.78, 5) is 48.7. The summed E-state index contributed by atoms with van der Waals surface area (Å²) < 4.78 is 16.1. The molecule has 0 saturated carbocycles. The zero-order valence-corrected chi connectivity index (χ0v) is 20.1. The van der Waals surface area contributed by atoms with Crippen LogP contribution in [0.3, 0.4) is 0 Å². The van der Waals surface area contributed by atoms with Crippen molar-refractivity contribution < 1.29 is 33.4 Å². The van der Waals surface area contributed by atoms with E-state index in [1.54, 1.807) is 18.2 Å². The topological polar surface area (TPSA) is 99.2 Å². The first-order valence-corrected chi connectivity index (χ1v) is 10.7. The number of rotatable bonds is 6. The van der Waals surface area contributed by atoms with Gasteiger partial charge in [-0.1, -0.05) is 0 Å². The average molecular weight is 631 g/mol. The van der Waals surface area contributed by atoms with E-state index in [2.05, 4.69) is 54.7 Å². The maximum atomic E-state index is 12.6. The van der Waals surface area contributed by atoms with E-state index in [-0.39, 0.29) is 11.5 Å². The molecular formula is C17H15I2NO7S. The SMILES string of the molecule is COC(=O)COc1c(I)cc(/C=C2/SC(=O)N([C@H](C)C(=O)OC)C2=O)cc1I. The van der Waals surface area contributed by atoms with Crippen LogP contribution in [-0.2, 0) is 23.9 Å². The van der Waals surface area contributed by atoms with E-state index in [1.807, 2.05) is 0 Å². The third-order valence-electron chi connectivity index (χ3n) is 3.63. The molecule has 0 spiro atoms. The van der Waals surface area contributed by atoms with Crippen molar-refractivity contribution in [3.63, 3.8) is 0 Å². The number of carbonyl (C=O) groups excluding carboxylic acids is 4. The minimum absolute atomic E-state index is 0.204. The van der Waals surface area contributed by atoms with Crippen LogP contribution in [0, 0.1) is 7.14 Å². The van der Waals surface area contributed by atoms with Crippen LogP contribution in [0.25, 0.3) is 6.08 Å². The van der Waals surface area contributed by atoms with Gasteiger partial charge in [-0.05, 0) is 87.6 Å². The Bertz CT molecular complexity index is 848. The summed E-state index contributed by atoms with van der Waals surface area (Å²) in [6, 6.07) is 2.51. The number of thioether (sulfide) groups is 1. The van der Waals surface area contributed by atoms with Gasteiger partial charge >= 0.3 is 11.9 Å². The first kappa shape index (κ1) is 22.9. The minimum atomic E-state index is -1.00. The molecular weight excluding hydrogens is 616 g/mol. The van der Waals surface area contributed by atoms with Crippen molar-refractivity contribution in [2.75, 3.05) is 20.8 Å². The molecule has 0 bridgehead atoms. The van der Waals surface area contributed by atoms with Crippen molar-refractivity contribution >= 4 is 86.1 Å². The predicted octanol–water partition coefficient (Wildman–Crippen LogP) is 3.05. The van der Waals surface area contributed by atoms with E-state index in [0.29, 0.717) is 11.3 Å². The van der Waals surface area contributed by atoms with Crippen molar-refractivity contribution in [2.24, 2.45) is 0 Å². The Morgan fingerprint density at radius 2 is 1.79 bits per heavy atom. The van der Waals surface area contributed by atoms with Crippen LogP contribution >= 0.6 is 56.9 Å². The highest BCUT2D eigenvalue weighted by Crippen LogP contribution is 2.35. The molecule has 8 nitrogen and oxygen atoms in total. The average Bonchev–Trinajstić information content (AvgIpc) is 2.92. The normalized spacial score (nSPS) is 16.3. The summed E-state index contributed by atoms with van der Waals surface area (Å²) in [5.74, 6) is -1.19. The molecule has 0 N–H and O–H groups in total. The highest BCUT2D eigenvalue weighted by molar-refractivity contribution is 14.1. The number of carbonyl (C=O) groups is 4. The molecule has 0 aliphatic carbocycles. The van der Waals surface area contributed by atoms with Crippen LogP contribution in [0.1, 0.15) is 12.5 Å². The Balaban J connectivity index is 2.26. The second kappa shape index (κ2) is 9.91. The van der Waals surface area contributed by atoms with Crippen molar-refractivity contribution in [1.29, 1.82) is 0 Å². The summed E-state index contributed by atoms with van der Waals surface area (Å²) in [7, 11) is 2.47. The lowest BCUT2D eigenvalue weighted by atomic mass is 10.2. The first-order chi connectivity index (χ1) is 13.2. The molecule has 2 amide bonds. The Labute approximate surface area is 192 Å². The smallest absolute Gasteiger partial charge is 0.343 e. The van der Waals surface area contributed by atoms with Gasteiger partial charge in [0.1, 0.15) is 11.8 Å². The number of ether oxygens (including phenoxy) is 3. The Hall–Kier alpha value is -1.35. The molecule has 1 heterocycles. The second-order valence-electron chi connectivity index (χ2n) is 5.43. The van der Waals surface area contributed by atoms with Crippen LogP contribution < -0.4 is 4.74 Å². The van der Waals surface area contributed by atoms with Crippen LogP contribution in [0.15, 0.2) is 17.0 Å². The van der Waals surface area contributed by atoms with E-state index in [9.17, 15) is 19.2 Å². The number of methoxy groups -OCH3 is 2. The number of imide groups is 1. The largest absolute Gasteiger partial charge is 0.480 e. The van der Waals surface area contributed by atoms with Crippen LogP contribution in [0.4, 0.5) is 4.79 Å². The molecule has 1 saturated heterocycles. The fourth-order valence-corrected chi connectivity index (χ4v) is 5.27. The van der Waals surface area contributed by atoms with Crippen molar-refractivity contribution in [3.8, 4) is 5.75 Å². The lowest BCUT2D eigenvalue weighted by Crippen LogP contribution is -2.42. The molecule has 1 atom stereocenters. The first-order valence-electron chi connectivity index (χ1n) is 7.73. The second-order valence-corrected chi connectivity index (χ2v) is 8.75. The predicted molar refractivity (Wildman–Crippen MR) is 119 cm³/mol. The van der Waals surface area contributed by atoms with E-state index in [1.165, 1.54) is 21.1 Å². The van der Waals surface area contributed by atoms with Gasteiger partial charge in [0.15, 0.2) is 6.61 Å². The number of nitrogens with zero attached hydrogens (tertiary/aromatic N) is 1. The highest BCUT2D eigenvalue weighted by Gasteiger charge is 2.41. The van der Waals surface area contributed by atoms with E-state index in [0.717, 1.165) is 23.8 Å². The Kier molecular flexibility index (Phi) is 8.12. The van der Waals surface area contributed by atoms with Gasteiger partial charge in [0.25, 0.3) is 11.1 Å². The van der Waals surface area contributed by atoms with Gasteiger partial charge in [-0.25, -0.2) is 9.59 Å².